The number of hydrogen-bond donors (Lipinski definition) is 2. The van der Waals surface area contributed by atoms with Gasteiger partial charge in [0, 0.05) is 12.6 Å². The van der Waals surface area contributed by atoms with E-state index in [-0.39, 0.29) is 5.91 Å². The van der Waals surface area contributed by atoms with Crippen LogP contribution >= 0.6 is 23.1 Å². The fraction of sp³-hybridized carbons (Fsp3) is 0.800. The zero-order valence-corrected chi connectivity index (χ0v) is 14.9. The van der Waals surface area contributed by atoms with Gasteiger partial charge >= 0.3 is 0 Å². The van der Waals surface area contributed by atoms with E-state index in [0.717, 1.165) is 41.7 Å². The lowest BCUT2D eigenvalue weighted by Gasteiger charge is -2.15. The van der Waals surface area contributed by atoms with E-state index in [9.17, 15) is 4.79 Å². The Morgan fingerprint density at radius 2 is 2.05 bits per heavy atom. The highest BCUT2D eigenvalue weighted by Crippen LogP contribution is 2.25. The molecule has 1 aliphatic rings. The van der Waals surface area contributed by atoms with Gasteiger partial charge < -0.3 is 10.6 Å². The molecule has 7 heteroatoms. The fourth-order valence-electron chi connectivity index (χ4n) is 2.53. The van der Waals surface area contributed by atoms with Crippen molar-refractivity contribution in [2.45, 2.75) is 68.7 Å². The van der Waals surface area contributed by atoms with Gasteiger partial charge in [-0.2, -0.15) is 0 Å². The molecule has 0 radical (unpaired) electrons. The number of thioether (sulfide) groups is 1. The fourth-order valence-corrected chi connectivity index (χ4v) is 4.12. The van der Waals surface area contributed by atoms with Crippen LogP contribution in [0.15, 0.2) is 4.34 Å². The molecule has 0 spiro atoms. The Kier molecular flexibility index (Phi) is 8.01. The Morgan fingerprint density at radius 3 is 2.77 bits per heavy atom. The van der Waals surface area contributed by atoms with Gasteiger partial charge in [0.1, 0.15) is 0 Å². The molecule has 0 bridgehead atoms. The highest BCUT2D eigenvalue weighted by atomic mass is 32.2. The first-order valence-corrected chi connectivity index (χ1v) is 10.1. The smallest absolute Gasteiger partial charge is 0.230 e. The standard InChI is InChI=1S/C15H26N4OS2/c1-2-3-10-16-14-18-19-15(22-14)21-11-13(20)17-12-8-6-4-5-7-9-12/h12H,2-11H2,1H3,(H,16,18)(H,17,20). The Balaban J connectivity index is 1.67. The van der Waals surface area contributed by atoms with Crippen LogP contribution in [-0.4, -0.2) is 34.4 Å². The Bertz CT molecular complexity index is 445. The minimum absolute atomic E-state index is 0.118. The van der Waals surface area contributed by atoms with Crippen molar-refractivity contribution >= 4 is 34.1 Å². The van der Waals surface area contributed by atoms with Crippen molar-refractivity contribution in [1.82, 2.24) is 15.5 Å². The molecule has 2 N–H and O–H groups in total. The first-order chi connectivity index (χ1) is 10.8. The van der Waals surface area contributed by atoms with E-state index >= 15 is 0 Å². The Labute approximate surface area is 141 Å². The van der Waals surface area contributed by atoms with Crippen molar-refractivity contribution in [3.8, 4) is 0 Å². The van der Waals surface area contributed by atoms with Crippen molar-refractivity contribution in [1.29, 1.82) is 0 Å². The van der Waals surface area contributed by atoms with E-state index in [4.69, 9.17) is 0 Å². The molecule has 1 amide bonds. The predicted octanol–water partition coefficient (Wildman–Crippen LogP) is 3.68. The van der Waals surface area contributed by atoms with Crippen LogP contribution in [0.1, 0.15) is 58.3 Å². The minimum Gasteiger partial charge on any atom is -0.360 e. The van der Waals surface area contributed by atoms with Crippen molar-refractivity contribution in [2.24, 2.45) is 0 Å². The largest absolute Gasteiger partial charge is 0.360 e. The molecule has 22 heavy (non-hydrogen) atoms. The van der Waals surface area contributed by atoms with Crippen LogP contribution in [0.3, 0.4) is 0 Å². The molecule has 0 aliphatic heterocycles. The number of amides is 1. The third kappa shape index (κ3) is 6.52. The van der Waals surface area contributed by atoms with Crippen LogP contribution in [0.25, 0.3) is 0 Å². The van der Waals surface area contributed by atoms with Gasteiger partial charge in [0.05, 0.1) is 5.75 Å². The SMILES string of the molecule is CCCCNc1nnc(SCC(=O)NC2CCCCCC2)s1. The first-order valence-electron chi connectivity index (χ1n) is 8.27. The van der Waals surface area contributed by atoms with Crippen molar-refractivity contribution in [3.05, 3.63) is 0 Å². The number of anilines is 1. The summed E-state index contributed by atoms with van der Waals surface area (Å²) in [7, 11) is 0. The Hall–Kier alpha value is -0.820. The van der Waals surface area contributed by atoms with Gasteiger partial charge in [-0.25, -0.2) is 0 Å². The number of unbranched alkanes of at least 4 members (excludes halogenated alkanes) is 1. The lowest BCUT2D eigenvalue weighted by molar-refractivity contribution is -0.119. The van der Waals surface area contributed by atoms with Crippen molar-refractivity contribution in [3.63, 3.8) is 0 Å². The van der Waals surface area contributed by atoms with Crippen LogP contribution in [-0.2, 0) is 4.79 Å². The van der Waals surface area contributed by atoms with Gasteiger partial charge in [-0.3, -0.25) is 4.79 Å². The second kappa shape index (κ2) is 10.0. The van der Waals surface area contributed by atoms with Gasteiger partial charge in [0.2, 0.25) is 11.0 Å². The number of hydrogen-bond acceptors (Lipinski definition) is 6. The summed E-state index contributed by atoms with van der Waals surface area (Å²) in [6.45, 7) is 3.09. The lowest BCUT2D eigenvalue weighted by Crippen LogP contribution is -2.35. The summed E-state index contributed by atoms with van der Waals surface area (Å²) in [4.78, 5) is 12.0. The van der Waals surface area contributed by atoms with E-state index < -0.39 is 0 Å². The molecule has 1 heterocycles. The monoisotopic (exact) mass is 342 g/mol. The summed E-state index contributed by atoms with van der Waals surface area (Å²) >= 11 is 3.00. The van der Waals surface area contributed by atoms with Gasteiger partial charge in [0.15, 0.2) is 4.34 Å². The average Bonchev–Trinajstić information content (AvgIpc) is 2.81. The third-order valence-corrected chi connectivity index (χ3v) is 5.77. The minimum atomic E-state index is 0.118. The number of carbonyl (C=O) groups excluding carboxylic acids is 1. The van der Waals surface area contributed by atoms with Crippen LogP contribution < -0.4 is 10.6 Å². The normalized spacial score (nSPS) is 16.2. The second-order valence-corrected chi connectivity index (χ2v) is 7.90. The van der Waals surface area contributed by atoms with Crippen LogP contribution in [0.5, 0.6) is 0 Å². The van der Waals surface area contributed by atoms with E-state index in [2.05, 4.69) is 27.8 Å². The number of carbonyl (C=O) groups is 1. The maximum absolute atomic E-state index is 12.0. The highest BCUT2D eigenvalue weighted by Gasteiger charge is 2.15. The molecule has 0 atom stereocenters. The van der Waals surface area contributed by atoms with Crippen LogP contribution in [0.4, 0.5) is 5.13 Å². The van der Waals surface area contributed by atoms with Gasteiger partial charge in [-0.1, -0.05) is 62.1 Å². The molecule has 1 fully saturated rings. The summed E-state index contributed by atoms with van der Waals surface area (Å²) in [6.07, 6.45) is 9.63. The van der Waals surface area contributed by atoms with E-state index in [0.29, 0.717) is 11.8 Å². The van der Waals surface area contributed by atoms with Crippen molar-refractivity contribution < 1.29 is 4.79 Å². The molecular formula is C15H26N4OS2. The molecule has 1 aromatic rings. The van der Waals surface area contributed by atoms with Crippen molar-refractivity contribution in [2.75, 3.05) is 17.6 Å². The summed E-state index contributed by atoms with van der Waals surface area (Å²) in [5.74, 6) is 0.549. The highest BCUT2D eigenvalue weighted by molar-refractivity contribution is 8.01. The molecule has 0 aromatic carbocycles. The van der Waals surface area contributed by atoms with E-state index in [1.807, 2.05) is 0 Å². The average molecular weight is 343 g/mol. The van der Waals surface area contributed by atoms with Gasteiger partial charge in [-0.15, -0.1) is 10.2 Å². The number of rotatable bonds is 8. The Morgan fingerprint density at radius 1 is 1.27 bits per heavy atom. The summed E-state index contributed by atoms with van der Waals surface area (Å²) in [5, 5.41) is 15.5. The molecule has 1 saturated carbocycles. The second-order valence-electron chi connectivity index (χ2n) is 5.70. The molecule has 0 saturated heterocycles. The van der Waals surface area contributed by atoms with Crippen LogP contribution in [0, 0.1) is 0 Å². The predicted molar refractivity (Wildman–Crippen MR) is 93.7 cm³/mol. The lowest BCUT2D eigenvalue weighted by atomic mass is 10.1. The quantitative estimate of drug-likeness (QED) is 0.428. The number of aromatic nitrogens is 2. The molecule has 124 valence electrons. The molecule has 0 unspecified atom stereocenters. The maximum atomic E-state index is 12.0. The van der Waals surface area contributed by atoms with Gasteiger partial charge in [0.25, 0.3) is 0 Å². The first kappa shape index (κ1) is 17.5. The molecule has 5 nitrogen and oxygen atoms in total. The number of nitrogens with zero attached hydrogens (tertiary/aromatic N) is 2. The molecular weight excluding hydrogens is 316 g/mol. The van der Waals surface area contributed by atoms with Gasteiger partial charge in [-0.05, 0) is 19.3 Å². The molecule has 2 rings (SSSR count). The van der Waals surface area contributed by atoms with E-state index in [1.54, 1.807) is 0 Å². The topological polar surface area (TPSA) is 66.9 Å². The molecule has 1 aliphatic carbocycles. The van der Waals surface area contributed by atoms with E-state index in [1.165, 1.54) is 48.8 Å². The summed E-state index contributed by atoms with van der Waals surface area (Å²) < 4.78 is 0.856. The van der Waals surface area contributed by atoms with Crippen LogP contribution in [0.2, 0.25) is 0 Å². The maximum Gasteiger partial charge on any atom is 0.230 e. The zero-order chi connectivity index (χ0) is 15.6. The molecule has 1 aromatic heterocycles. The third-order valence-electron chi connectivity index (χ3n) is 3.76. The summed E-state index contributed by atoms with van der Waals surface area (Å²) in [6, 6.07) is 0.372. The zero-order valence-electron chi connectivity index (χ0n) is 13.3. The number of nitrogens with one attached hydrogen (secondary N) is 2. The summed E-state index contributed by atoms with van der Waals surface area (Å²) in [5.41, 5.74) is 0.